The molecule has 0 spiro atoms. The zero-order valence-corrected chi connectivity index (χ0v) is 26.7. The summed E-state index contributed by atoms with van der Waals surface area (Å²) in [7, 11) is -8.58. The second kappa shape index (κ2) is 18.7. The van der Waals surface area contributed by atoms with E-state index in [4.69, 9.17) is 8.37 Å². The molecule has 0 N–H and O–H groups in total. The van der Waals surface area contributed by atoms with Gasteiger partial charge < -0.3 is 0 Å². The second-order valence-corrected chi connectivity index (χ2v) is 12.5. The van der Waals surface area contributed by atoms with Gasteiger partial charge in [-0.25, -0.2) is 0 Å². The van der Waals surface area contributed by atoms with Crippen LogP contribution in [0.4, 0.5) is 0 Å². The molecule has 0 unspecified atom stereocenters. The first kappa shape index (κ1) is 34.5. The van der Waals surface area contributed by atoms with Crippen molar-refractivity contribution < 1.29 is 25.2 Å². The molecule has 1 radical (unpaired) electrons. The van der Waals surface area contributed by atoms with Crippen LogP contribution in [0.3, 0.4) is 0 Å². The van der Waals surface area contributed by atoms with Crippen molar-refractivity contribution in [2.45, 2.75) is 114 Å². The molecule has 0 amide bonds. The van der Waals surface area contributed by atoms with E-state index in [1.807, 2.05) is 0 Å². The van der Waals surface area contributed by atoms with Crippen LogP contribution in [0, 0.1) is 0 Å². The predicted molar refractivity (Wildman–Crippen MR) is 152 cm³/mol. The van der Waals surface area contributed by atoms with Gasteiger partial charge in [-0.3, -0.25) is 8.37 Å². The van der Waals surface area contributed by atoms with Crippen LogP contribution in [0.2, 0.25) is 0 Å². The molecule has 2 rings (SSSR count). The Kier molecular flexibility index (Phi) is 17.5. The third-order valence-corrected chi connectivity index (χ3v) is 9.24. The summed E-state index contributed by atoms with van der Waals surface area (Å²) in [5, 5.41) is 0.944. The van der Waals surface area contributed by atoms with E-state index in [9.17, 15) is 16.8 Å². The van der Waals surface area contributed by atoms with Crippen molar-refractivity contribution in [2.75, 3.05) is 13.2 Å². The maximum atomic E-state index is 13.2. The molecule has 6 nitrogen and oxygen atoms in total. The minimum atomic E-state index is -4.31. The summed E-state index contributed by atoms with van der Waals surface area (Å²) in [4.78, 5) is -0.688. The van der Waals surface area contributed by atoms with Gasteiger partial charge in [0.1, 0.15) is 9.79 Å². The number of hydrogen-bond acceptors (Lipinski definition) is 6. The van der Waals surface area contributed by atoms with Crippen molar-refractivity contribution in [1.82, 2.24) is 0 Å². The topological polar surface area (TPSA) is 86.7 Å². The van der Waals surface area contributed by atoms with E-state index in [0.29, 0.717) is 23.6 Å². The molecule has 0 saturated carbocycles. The molecule has 0 aromatic heterocycles. The molecule has 0 aliphatic heterocycles. The summed E-state index contributed by atoms with van der Waals surface area (Å²) in [6, 6.07) is 9.74. The SMILES string of the molecule is CCCCCCCCCOS(=O)(=O)c1ccc2ccccc2c1S(=O)(=O)OCCCCCCCCC.[Na]. The molecule has 9 heteroatoms. The van der Waals surface area contributed by atoms with Crippen molar-refractivity contribution in [3.63, 3.8) is 0 Å². The van der Waals surface area contributed by atoms with Crippen molar-refractivity contribution in [3.8, 4) is 0 Å². The smallest absolute Gasteiger partial charge is 0.266 e. The largest absolute Gasteiger partial charge is 0.299 e. The summed E-state index contributed by atoms with van der Waals surface area (Å²) in [6.45, 7) is 4.39. The van der Waals surface area contributed by atoms with Crippen LogP contribution < -0.4 is 0 Å². The Morgan fingerprint density at radius 1 is 0.568 bits per heavy atom. The van der Waals surface area contributed by atoms with Crippen LogP contribution in [0.5, 0.6) is 0 Å². The average molecular weight is 564 g/mol. The van der Waals surface area contributed by atoms with Crippen LogP contribution in [0.25, 0.3) is 10.8 Å². The fourth-order valence-corrected chi connectivity index (χ4v) is 7.13. The molecule has 0 heterocycles. The predicted octanol–water partition coefficient (Wildman–Crippen LogP) is 7.37. The number of unbranched alkanes of at least 4 members (excludes halogenated alkanes) is 12. The van der Waals surface area contributed by atoms with Crippen molar-refractivity contribution in [2.24, 2.45) is 0 Å². The Hall–Kier alpha value is -0.480. The fraction of sp³-hybridized carbons (Fsp3) is 0.643. The Bertz CT molecular complexity index is 1120. The van der Waals surface area contributed by atoms with Gasteiger partial charge in [0.15, 0.2) is 0 Å². The normalized spacial score (nSPS) is 12.1. The third kappa shape index (κ3) is 12.1. The molecular weight excluding hydrogens is 519 g/mol. The first-order valence-electron chi connectivity index (χ1n) is 13.6. The molecule has 0 aliphatic carbocycles. The van der Waals surface area contributed by atoms with Gasteiger partial charge in [-0.1, -0.05) is 121 Å². The Balaban J connectivity index is 0.00000684. The Morgan fingerprint density at radius 2 is 1.03 bits per heavy atom. The van der Waals surface area contributed by atoms with E-state index in [1.54, 1.807) is 30.3 Å². The molecule has 0 bridgehead atoms. The molecular formula is C28H44NaO6S2. The fourth-order valence-electron chi connectivity index (χ4n) is 4.26. The van der Waals surface area contributed by atoms with Gasteiger partial charge in [-0.15, -0.1) is 0 Å². The van der Waals surface area contributed by atoms with Gasteiger partial charge >= 0.3 is 0 Å². The first-order valence-corrected chi connectivity index (χ1v) is 16.5. The molecule has 37 heavy (non-hydrogen) atoms. The van der Waals surface area contributed by atoms with Gasteiger partial charge in [-0.05, 0) is 24.3 Å². The summed E-state index contributed by atoms with van der Waals surface area (Å²) in [6.07, 6.45) is 14.4. The van der Waals surface area contributed by atoms with Gasteiger partial charge in [0, 0.05) is 34.9 Å². The third-order valence-electron chi connectivity index (χ3n) is 6.34. The molecule has 0 saturated heterocycles. The van der Waals surface area contributed by atoms with E-state index < -0.39 is 20.2 Å². The Labute approximate surface area is 247 Å². The zero-order chi connectivity index (χ0) is 26.3. The molecule has 0 fully saturated rings. The van der Waals surface area contributed by atoms with Gasteiger partial charge in [-0.2, -0.15) is 16.8 Å². The van der Waals surface area contributed by atoms with Crippen LogP contribution in [0.15, 0.2) is 46.2 Å². The molecule has 0 atom stereocenters. The zero-order valence-electron chi connectivity index (χ0n) is 23.0. The quantitative estimate of drug-likeness (QED) is 0.0950. The second-order valence-electron chi connectivity index (χ2n) is 9.41. The molecule has 0 aliphatic rings. The van der Waals surface area contributed by atoms with E-state index in [0.717, 1.165) is 38.5 Å². The van der Waals surface area contributed by atoms with Crippen molar-refractivity contribution >= 4 is 60.6 Å². The first-order chi connectivity index (χ1) is 17.3. The molecule has 205 valence electrons. The van der Waals surface area contributed by atoms with E-state index in [1.165, 1.54) is 44.6 Å². The van der Waals surface area contributed by atoms with Gasteiger partial charge in [0.25, 0.3) is 20.2 Å². The minimum absolute atomic E-state index is 0. The average Bonchev–Trinajstić information content (AvgIpc) is 2.86. The minimum Gasteiger partial charge on any atom is -0.266 e. The number of benzene rings is 2. The summed E-state index contributed by atoms with van der Waals surface area (Å²) >= 11 is 0. The van der Waals surface area contributed by atoms with Crippen molar-refractivity contribution in [3.05, 3.63) is 36.4 Å². The molecule has 2 aromatic carbocycles. The van der Waals surface area contributed by atoms with Crippen LogP contribution >= 0.6 is 0 Å². The molecule has 2 aromatic rings. The summed E-state index contributed by atoms with van der Waals surface area (Å²) < 4.78 is 63.2. The number of rotatable bonds is 20. The van der Waals surface area contributed by atoms with Crippen LogP contribution in [-0.2, 0) is 28.6 Å². The standard InChI is InChI=1S/C28H44O6S2.Na/c1-3-5-7-9-11-13-17-23-33-35(29,30)27-22-21-25-19-15-16-20-26(25)28(27)36(31,32)34-24-18-14-12-10-8-6-4-2;/h15-16,19-22H,3-14,17-18,23-24H2,1-2H3;. The van der Waals surface area contributed by atoms with Crippen LogP contribution in [-0.4, -0.2) is 59.6 Å². The Morgan fingerprint density at radius 3 is 1.57 bits per heavy atom. The summed E-state index contributed by atoms with van der Waals surface area (Å²) in [5.41, 5.74) is 0. The van der Waals surface area contributed by atoms with Gasteiger partial charge in [0.05, 0.1) is 13.2 Å². The van der Waals surface area contributed by atoms with Crippen LogP contribution in [0.1, 0.15) is 104 Å². The number of fused-ring (bicyclic) bond motifs is 1. The maximum Gasteiger partial charge on any atom is 0.299 e. The number of hydrogen-bond donors (Lipinski definition) is 0. The van der Waals surface area contributed by atoms with E-state index in [-0.39, 0.29) is 52.6 Å². The van der Waals surface area contributed by atoms with E-state index in [2.05, 4.69) is 13.8 Å². The maximum absolute atomic E-state index is 13.2. The van der Waals surface area contributed by atoms with Crippen molar-refractivity contribution in [1.29, 1.82) is 0 Å². The van der Waals surface area contributed by atoms with E-state index >= 15 is 0 Å². The van der Waals surface area contributed by atoms with Gasteiger partial charge in [0.2, 0.25) is 0 Å². The summed E-state index contributed by atoms with van der Waals surface area (Å²) in [5.74, 6) is 0. The monoisotopic (exact) mass is 563 g/mol.